The molecule has 0 radical (unpaired) electrons. The van der Waals surface area contributed by atoms with Gasteiger partial charge in [-0.05, 0) is 30.0 Å². The second kappa shape index (κ2) is 7.27. The Kier molecular flexibility index (Phi) is 4.69. The highest BCUT2D eigenvalue weighted by atomic mass is 16.7. The van der Waals surface area contributed by atoms with Crippen LogP contribution in [-0.4, -0.2) is 47.3 Å². The van der Waals surface area contributed by atoms with E-state index in [0.717, 1.165) is 42.5 Å². The minimum atomic E-state index is 0.301. The quantitative estimate of drug-likeness (QED) is 0.676. The fourth-order valence-corrected chi connectivity index (χ4v) is 3.66. The molecule has 138 valence electrons. The number of aromatic nitrogens is 2. The van der Waals surface area contributed by atoms with Gasteiger partial charge in [0.25, 0.3) is 0 Å². The molecule has 1 N–H and O–H groups in total. The number of hydrogen-bond acceptors (Lipinski definition) is 4. The van der Waals surface area contributed by atoms with E-state index < -0.39 is 0 Å². The number of piperidine rings is 1. The summed E-state index contributed by atoms with van der Waals surface area (Å²) in [4.78, 5) is 11.0. The predicted octanol–water partition coefficient (Wildman–Crippen LogP) is 2.27. The largest absolute Gasteiger partial charge is 0.454 e. The normalized spacial score (nSPS) is 22.5. The number of likely N-dealkylation sites (tertiary alicyclic amines) is 1. The van der Waals surface area contributed by atoms with Gasteiger partial charge in [-0.1, -0.05) is 13.0 Å². The van der Waals surface area contributed by atoms with Gasteiger partial charge in [-0.15, -0.1) is 0 Å². The summed E-state index contributed by atoms with van der Waals surface area (Å²) in [6, 6.07) is 6.45. The summed E-state index contributed by atoms with van der Waals surface area (Å²) in [5, 5.41) is 3.48. The van der Waals surface area contributed by atoms with Crippen LogP contribution in [0, 0.1) is 5.92 Å². The summed E-state index contributed by atoms with van der Waals surface area (Å²) in [5.41, 5.74) is 1.15. The third-order valence-corrected chi connectivity index (χ3v) is 5.23. The van der Waals surface area contributed by atoms with E-state index in [9.17, 15) is 0 Å². The van der Waals surface area contributed by atoms with Gasteiger partial charge in [0.2, 0.25) is 6.79 Å². The highest BCUT2D eigenvalue weighted by Gasteiger charge is 2.28. The Labute approximate surface area is 153 Å². The number of benzene rings is 1. The van der Waals surface area contributed by atoms with Gasteiger partial charge in [-0.2, -0.15) is 0 Å². The molecule has 2 unspecified atom stereocenters. The van der Waals surface area contributed by atoms with E-state index in [0.29, 0.717) is 25.3 Å². The van der Waals surface area contributed by atoms with Gasteiger partial charge < -0.3 is 24.3 Å². The van der Waals surface area contributed by atoms with Crippen LogP contribution in [0.25, 0.3) is 0 Å². The average Bonchev–Trinajstić information content (AvgIpc) is 3.34. The minimum absolute atomic E-state index is 0.301. The zero-order valence-electron chi connectivity index (χ0n) is 15.3. The predicted molar refractivity (Wildman–Crippen MR) is 99.4 cm³/mol. The van der Waals surface area contributed by atoms with E-state index in [1.54, 1.807) is 0 Å². The number of nitrogens with zero attached hydrogens (tertiary/aromatic N) is 4. The molecular formula is C19H25N5O2. The van der Waals surface area contributed by atoms with E-state index in [1.807, 2.05) is 37.9 Å². The molecule has 3 heterocycles. The van der Waals surface area contributed by atoms with Gasteiger partial charge >= 0.3 is 0 Å². The van der Waals surface area contributed by atoms with Gasteiger partial charge in [0.05, 0.1) is 12.4 Å². The van der Waals surface area contributed by atoms with Crippen molar-refractivity contribution in [2.75, 3.05) is 26.9 Å². The van der Waals surface area contributed by atoms with E-state index in [2.05, 4.69) is 37.8 Å². The molecular weight excluding hydrogens is 330 g/mol. The molecule has 7 heteroatoms. The maximum Gasteiger partial charge on any atom is 0.231 e. The van der Waals surface area contributed by atoms with Crippen molar-refractivity contribution in [2.45, 2.75) is 25.9 Å². The van der Waals surface area contributed by atoms with Gasteiger partial charge in [-0.25, -0.2) is 4.98 Å². The molecule has 2 atom stereocenters. The highest BCUT2D eigenvalue weighted by molar-refractivity contribution is 5.80. The SMILES string of the molecule is CN=C(NCc1ccc2c(c1)OCO2)N1CCC(C)C(n2ccnc2)C1. The number of aliphatic imine (C=N–C) groups is 1. The van der Waals surface area contributed by atoms with Gasteiger partial charge in [0.15, 0.2) is 17.5 Å². The minimum Gasteiger partial charge on any atom is -0.454 e. The number of nitrogens with one attached hydrogen (secondary N) is 1. The fourth-order valence-electron chi connectivity index (χ4n) is 3.66. The van der Waals surface area contributed by atoms with Crippen molar-refractivity contribution in [3.8, 4) is 11.5 Å². The van der Waals surface area contributed by atoms with Gasteiger partial charge in [0, 0.05) is 39.1 Å². The van der Waals surface area contributed by atoms with Crippen molar-refractivity contribution in [1.82, 2.24) is 19.8 Å². The lowest BCUT2D eigenvalue weighted by Gasteiger charge is -2.39. The first-order valence-corrected chi connectivity index (χ1v) is 9.06. The summed E-state index contributed by atoms with van der Waals surface area (Å²) in [6.07, 6.45) is 6.94. The van der Waals surface area contributed by atoms with E-state index in [1.165, 1.54) is 0 Å². The lowest BCUT2D eigenvalue weighted by molar-refractivity contribution is 0.174. The molecule has 1 fully saturated rings. The molecule has 0 spiro atoms. The lowest BCUT2D eigenvalue weighted by Crippen LogP contribution is -2.48. The van der Waals surface area contributed by atoms with Crippen molar-refractivity contribution in [3.63, 3.8) is 0 Å². The van der Waals surface area contributed by atoms with E-state index in [-0.39, 0.29) is 0 Å². The Morgan fingerprint density at radius 1 is 1.35 bits per heavy atom. The molecule has 7 nitrogen and oxygen atoms in total. The number of imidazole rings is 1. The van der Waals surface area contributed by atoms with Crippen LogP contribution in [0.5, 0.6) is 11.5 Å². The molecule has 0 bridgehead atoms. The Bertz CT molecular complexity index is 774. The van der Waals surface area contributed by atoms with Crippen molar-refractivity contribution in [3.05, 3.63) is 42.5 Å². The van der Waals surface area contributed by atoms with Crippen LogP contribution in [0.15, 0.2) is 41.9 Å². The molecule has 2 aliphatic heterocycles. The van der Waals surface area contributed by atoms with Crippen LogP contribution < -0.4 is 14.8 Å². The van der Waals surface area contributed by atoms with Crippen molar-refractivity contribution in [1.29, 1.82) is 0 Å². The Balaban J connectivity index is 1.41. The first kappa shape index (κ1) is 16.8. The molecule has 1 aromatic heterocycles. The second-order valence-electron chi connectivity index (χ2n) is 6.88. The van der Waals surface area contributed by atoms with E-state index >= 15 is 0 Å². The lowest BCUT2D eigenvalue weighted by atomic mass is 9.93. The van der Waals surface area contributed by atoms with Crippen LogP contribution in [-0.2, 0) is 6.54 Å². The third kappa shape index (κ3) is 3.34. The summed E-state index contributed by atoms with van der Waals surface area (Å²) in [5.74, 6) is 3.17. The Morgan fingerprint density at radius 2 is 2.23 bits per heavy atom. The van der Waals surface area contributed by atoms with Crippen LogP contribution in [0.3, 0.4) is 0 Å². The zero-order valence-corrected chi connectivity index (χ0v) is 15.3. The first-order chi connectivity index (χ1) is 12.7. The number of guanidine groups is 1. The molecule has 1 aromatic carbocycles. The summed E-state index contributed by atoms with van der Waals surface area (Å²) >= 11 is 0. The Hall–Kier alpha value is -2.70. The number of hydrogen-bond donors (Lipinski definition) is 1. The summed E-state index contributed by atoms with van der Waals surface area (Å²) in [7, 11) is 1.84. The number of ether oxygens (including phenoxy) is 2. The van der Waals surface area contributed by atoms with E-state index in [4.69, 9.17) is 9.47 Å². The molecule has 0 saturated carbocycles. The smallest absolute Gasteiger partial charge is 0.231 e. The zero-order chi connectivity index (χ0) is 17.9. The van der Waals surface area contributed by atoms with Gasteiger partial charge in [0.1, 0.15) is 0 Å². The molecule has 0 amide bonds. The first-order valence-electron chi connectivity index (χ1n) is 9.06. The maximum absolute atomic E-state index is 5.46. The molecule has 26 heavy (non-hydrogen) atoms. The molecule has 2 aromatic rings. The monoisotopic (exact) mass is 355 g/mol. The summed E-state index contributed by atoms with van der Waals surface area (Å²) in [6.45, 7) is 5.25. The van der Waals surface area contributed by atoms with Crippen LogP contribution in [0.2, 0.25) is 0 Å². The van der Waals surface area contributed by atoms with Gasteiger partial charge in [-0.3, -0.25) is 4.99 Å². The topological polar surface area (TPSA) is 63.9 Å². The highest BCUT2D eigenvalue weighted by Crippen LogP contribution is 2.32. The molecule has 0 aliphatic carbocycles. The maximum atomic E-state index is 5.46. The average molecular weight is 355 g/mol. The summed E-state index contributed by atoms with van der Waals surface area (Å²) < 4.78 is 13.0. The fraction of sp³-hybridized carbons (Fsp3) is 0.474. The van der Waals surface area contributed by atoms with Crippen LogP contribution >= 0.6 is 0 Å². The third-order valence-electron chi connectivity index (χ3n) is 5.23. The number of rotatable bonds is 3. The van der Waals surface area contributed by atoms with Crippen molar-refractivity contribution < 1.29 is 9.47 Å². The molecule has 2 aliphatic rings. The van der Waals surface area contributed by atoms with Crippen LogP contribution in [0.4, 0.5) is 0 Å². The second-order valence-corrected chi connectivity index (χ2v) is 6.88. The standard InChI is InChI=1S/C19H25N5O2/c1-14-5-7-23(11-16(14)24-8-6-21-12-24)19(20-2)22-10-15-3-4-17-18(9-15)26-13-25-17/h3-4,6,8-9,12,14,16H,5,7,10-11,13H2,1-2H3,(H,20,22). The van der Waals surface area contributed by atoms with Crippen molar-refractivity contribution in [2.24, 2.45) is 10.9 Å². The van der Waals surface area contributed by atoms with Crippen LogP contribution in [0.1, 0.15) is 24.9 Å². The number of fused-ring (bicyclic) bond motifs is 1. The molecule has 4 rings (SSSR count). The molecule has 1 saturated heterocycles. The Morgan fingerprint density at radius 3 is 3.04 bits per heavy atom. The van der Waals surface area contributed by atoms with Crippen molar-refractivity contribution >= 4 is 5.96 Å².